The molecular formula is C58H94O6. The number of carbonyl (C=O) groups excluding carboxylic acids is 3. The standard InChI is InChI=1S/C58H94O6/c1-4-7-10-13-16-19-22-25-27-28-29-30-32-34-37-40-43-46-49-52-58(61)64-55(53-62-56(59)50-47-44-41-38-35-24-21-18-15-12-9-6-3)54-63-57(60)51-48-45-42-39-36-33-31-26-23-20-17-14-11-8-5-2/h7-8,10-11,16-17,19-20,25-27,29-31,34,36-37,39,55H,4-6,9,12-15,18,21-24,28,32-33,35,38,40-54H2,1-3H3/b10-7-,11-8-,19-16-,20-17-,27-25-,30-29-,31-26-,37-34-,39-36-/t55-/m0/s1. The first-order valence-corrected chi connectivity index (χ1v) is 25.9. The Morgan fingerprint density at radius 2 is 0.609 bits per heavy atom. The summed E-state index contributed by atoms with van der Waals surface area (Å²) in [5, 5.41) is 0. The van der Waals surface area contributed by atoms with E-state index < -0.39 is 6.10 Å². The van der Waals surface area contributed by atoms with Crippen molar-refractivity contribution in [2.75, 3.05) is 13.2 Å². The fourth-order valence-corrected chi connectivity index (χ4v) is 6.69. The number of hydrogen-bond acceptors (Lipinski definition) is 6. The van der Waals surface area contributed by atoms with Crippen LogP contribution in [0.1, 0.15) is 220 Å². The van der Waals surface area contributed by atoms with Gasteiger partial charge in [-0.25, -0.2) is 0 Å². The van der Waals surface area contributed by atoms with Crippen LogP contribution in [0.5, 0.6) is 0 Å². The summed E-state index contributed by atoms with van der Waals surface area (Å²) in [7, 11) is 0. The lowest BCUT2D eigenvalue weighted by Gasteiger charge is -2.18. The molecule has 0 spiro atoms. The minimum Gasteiger partial charge on any atom is -0.462 e. The minimum atomic E-state index is -0.812. The van der Waals surface area contributed by atoms with Crippen LogP contribution in [-0.4, -0.2) is 37.2 Å². The molecule has 0 aliphatic carbocycles. The van der Waals surface area contributed by atoms with Crippen LogP contribution in [0.4, 0.5) is 0 Å². The molecule has 0 N–H and O–H groups in total. The average molecular weight is 887 g/mol. The maximum absolute atomic E-state index is 12.8. The molecule has 0 aromatic heterocycles. The maximum Gasteiger partial charge on any atom is 0.306 e. The fraction of sp³-hybridized carbons (Fsp3) is 0.638. The number of allylic oxidation sites excluding steroid dienone is 18. The lowest BCUT2D eigenvalue weighted by Crippen LogP contribution is -2.30. The molecule has 0 rings (SSSR count). The Kier molecular flexibility index (Phi) is 48.5. The monoisotopic (exact) mass is 887 g/mol. The Morgan fingerprint density at radius 1 is 0.328 bits per heavy atom. The highest BCUT2D eigenvalue weighted by molar-refractivity contribution is 5.71. The molecule has 6 nitrogen and oxygen atoms in total. The van der Waals surface area contributed by atoms with Gasteiger partial charge >= 0.3 is 17.9 Å². The van der Waals surface area contributed by atoms with Crippen LogP contribution in [-0.2, 0) is 28.6 Å². The van der Waals surface area contributed by atoms with Crippen molar-refractivity contribution in [1.29, 1.82) is 0 Å². The maximum atomic E-state index is 12.8. The molecule has 362 valence electrons. The molecule has 0 aromatic rings. The zero-order valence-corrected chi connectivity index (χ0v) is 41.3. The van der Waals surface area contributed by atoms with Crippen LogP contribution >= 0.6 is 0 Å². The molecule has 6 heteroatoms. The van der Waals surface area contributed by atoms with Crippen LogP contribution in [0.3, 0.4) is 0 Å². The van der Waals surface area contributed by atoms with E-state index in [0.29, 0.717) is 25.7 Å². The summed E-state index contributed by atoms with van der Waals surface area (Å²) in [6.07, 6.45) is 69.3. The summed E-state index contributed by atoms with van der Waals surface area (Å²) in [6.45, 7) is 6.33. The molecule has 0 bridgehead atoms. The second kappa shape index (κ2) is 51.7. The molecule has 0 radical (unpaired) electrons. The van der Waals surface area contributed by atoms with Crippen LogP contribution in [0.2, 0.25) is 0 Å². The summed E-state index contributed by atoms with van der Waals surface area (Å²) in [5.41, 5.74) is 0. The van der Waals surface area contributed by atoms with Crippen molar-refractivity contribution in [1.82, 2.24) is 0 Å². The van der Waals surface area contributed by atoms with Gasteiger partial charge in [-0.3, -0.25) is 14.4 Å². The Bertz CT molecular complexity index is 1340. The van der Waals surface area contributed by atoms with Gasteiger partial charge in [-0.2, -0.15) is 0 Å². The van der Waals surface area contributed by atoms with Crippen molar-refractivity contribution >= 4 is 17.9 Å². The molecule has 0 fully saturated rings. The quantitative estimate of drug-likeness (QED) is 0.0262. The van der Waals surface area contributed by atoms with Gasteiger partial charge < -0.3 is 14.2 Å². The molecule has 0 saturated carbocycles. The summed E-state index contributed by atoms with van der Waals surface area (Å²) < 4.78 is 16.7. The first kappa shape index (κ1) is 60.1. The van der Waals surface area contributed by atoms with Crippen molar-refractivity contribution < 1.29 is 28.6 Å². The molecule has 0 heterocycles. The molecule has 0 amide bonds. The Hall–Kier alpha value is -3.93. The van der Waals surface area contributed by atoms with Gasteiger partial charge in [-0.15, -0.1) is 0 Å². The van der Waals surface area contributed by atoms with Gasteiger partial charge in [0.15, 0.2) is 6.10 Å². The molecule has 0 aliphatic heterocycles. The van der Waals surface area contributed by atoms with Crippen LogP contribution in [0.25, 0.3) is 0 Å². The van der Waals surface area contributed by atoms with Crippen molar-refractivity contribution in [3.05, 3.63) is 109 Å². The highest BCUT2D eigenvalue weighted by Gasteiger charge is 2.19. The SMILES string of the molecule is CC/C=C\C/C=C\C/C=C\C/C=C\C/C=C\CCCCCC(=O)O[C@H](COC(=O)CCCC/C=C\C/C=C\C/C=C\C/C=C\CC)COC(=O)CCCCCCCCCCCCCC. The summed E-state index contributed by atoms with van der Waals surface area (Å²) in [4.78, 5) is 38.0. The third-order valence-corrected chi connectivity index (χ3v) is 10.5. The molecule has 1 atom stereocenters. The van der Waals surface area contributed by atoms with E-state index in [9.17, 15) is 14.4 Å². The van der Waals surface area contributed by atoms with E-state index in [1.807, 2.05) is 0 Å². The summed E-state index contributed by atoms with van der Waals surface area (Å²) in [5.74, 6) is -0.986. The van der Waals surface area contributed by atoms with Crippen molar-refractivity contribution in [3.8, 4) is 0 Å². The Morgan fingerprint density at radius 3 is 0.984 bits per heavy atom. The first-order valence-electron chi connectivity index (χ1n) is 25.9. The van der Waals surface area contributed by atoms with Crippen molar-refractivity contribution in [2.24, 2.45) is 0 Å². The molecular weight excluding hydrogens is 793 g/mol. The fourth-order valence-electron chi connectivity index (χ4n) is 6.69. The molecule has 0 unspecified atom stereocenters. The third kappa shape index (κ3) is 49.1. The third-order valence-electron chi connectivity index (χ3n) is 10.5. The number of unbranched alkanes of at least 4 members (excludes halogenated alkanes) is 16. The number of carbonyl (C=O) groups is 3. The highest BCUT2D eigenvalue weighted by Crippen LogP contribution is 2.14. The average Bonchev–Trinajstić information content (AvgIpc) is 3.29. The molecule has 64 heavy (non-hydrogen) atoms. The van der Waals surface area contributed by atoms with Gasteiger partial charge in [0.2, 0.25) is 0 Å². The lowest BCUT2D eigenvalue weighted by atomic mass is 10.0. The van der Waals surface area contributed by atoms with Gasteiger partial charge in [0.05, 0.1) is 0 Å². The van der Waals surface area contributed by atoms with Gasteiger partial charge in [0.1, 0.15) is 13.2 Å². The second-order valence-corrected chi connectivity index (χ2v) is 16.7. The van der Waals surface area contributed by atoms with E-state index >= 15 is 0 Å². The Labute approximate surface area is 393 Å². The Balaban J connectivity index is 4.52. The second-order valence-electron chi connectivity index (χ2n) is 16.7. The smallest absolute Gasteiger partial charge is 0.306 e. The number of hydrogen-bond donors (Lipinski definition) is 0. The topological polar surface area (TPSA) is 78.9 Å². The summed E-state index contributed by atoms with van der Waals surface area (Å²) >= 11 is 0. The largest absolute Gasteiger partial charge is 0.462 e. The van der Waals surface area contributed by atoms with E-state index in [1.54, 1.807) is 0 Å². The van der Waals surface area contributed by atoms with Gasteiger partial charge in [0.25, 0.3) is 0 Å². The van der Waals surface area contributed by atoms with E-state index in [-0.39, 0.29) is 37.5 Å². The van der Waals surface area contributed by atoms with E-state index in [2.05, 4.69) is 130 Å². The van der Waals surface area contributed by atoms with Crippen LogP contribution in [0.15, 0.2) is 109 Å². The number of esters is 3. The van der Waals surface area contributed by atoms with Crippen molar-refractivity contribution in [3.63, 3.8) is 0 Å². The van der Waals surface area contributed by atoms with Crippen LogP contribution < -0.4 is 0 Å². The predicted molar refractivity (Wildman–Crippen MR) is 274 cm³/mol. The van der Waals surface area contributed by atoms with Gasteiger partial charge in [-0.1, -0.05) is 207 Å². The van der Waals surface area contributed by atoms with E-state index in [1.165, 1.54) is 57.8 Å². The van der Waals surface area contributed by atoms with Gasteiger partial charge in [0, 0.05) is 19.3 Å². The number of ether oxygens (including phenoxy) is 3. The highest BCUT2D eigenvalue weighted by atomic mass is 16.6. The minimum absolute atomic E-state index is 0.105. The van der Waals surface area contributed by atoms with Crippen LogP contribution in [0, 0.1) is 0 Å². The summed E-state index contributed by atoms with van der Waals surface area (Å²) in [6, 6.07) is 0. The zero-order chi connectivity index (χ0) is 46.5. The normalized spacial score (nSPS) is 13.0. The zero-order valence-electron chi connectivity index (χ0n) is 41.3. The molecule has 0 aliphatic rings. The van der Waals surface area contributed by atoms with E-state index in [0.717, 1.165) is 109 Å². The van der Waals surface area contributed by atoms with Crippen molar-refractivity contribution in [2.45, 2.75) is 226 Å². The van der Waals surface area contributed by atoms with Gasteiger partial charge in [-0.05, 0) is 103 Å². The molecule has 0 saturated heterocycles. The number of rotatable bonds is 45. The molecule has 0 aromatic carbocycles. The first-order chi connectivity index (χ1) is 31.5. The van der Waals surface area contributed by atoms with E-state index in [4.69, 9.17) is 14.2 Å². The lowest BCUT2D eigenvalue weighted by molar-refractivity contribution is -0.167. The predicted octanol–water partition coefficient (Wildman–Crippen LogP) is 17.1.